The Hall–Kier alpha value is -2.84. The van der Waals surface area contributed by atoms with E-state index in [1.54, 1.807) is 50.2 Å². The predicted octanol–water partition coefficient (Wildman–Crippen LogP) is 5.62. The highest BCUT2D eigenvalue weighted by molar-refractivity contribution is 6.11. The van der Waals surface area contributed by atoms with Crippen LogP contribution in [0.25, 0.3) is 0 Å². The summed E-state index contributed by atoms with van der Waals surface area (Å²) in [6.45, 7) is 3.32. The fraction of sp³-hybridized carbons (Fsp3) is 0.333. The molecule has 1 aliphatic heterocycles. The lowest BCUT2D eigenvalue weighted by molar-refractivity contribution is -0.293. The van der Waals surface area contributed by atoms with E-state index in [9.17, 15) is 26.3 Å². The minimum Gasteiger partial charge on any atom is -0.312 e. The molecule has 0 aliphatic carbocycles. The molecule has 1 aliphatic rings. The van der Waals surface area contributed by atoms with Crippen LogP contribution in [0.2, 0.25) is 0 Å². The van der Waals surface area contributed by atoms with E-state index in [0.29, 0.717) is 5.56 Å². The van der Waals surface area contributed by atoms with Crippen LogP contribution in [-0.4, -0.2) is 40.6 Å². The molecule has 160 valence electrons. The lowest BCUT2D eigenvalue weighted by Crippen LogP contribution is -2.60. The van der Waals surface area contributed by atoms with E-state index in [4.69, 9.17) is 0 Å². The van der Waals surface area contributed by atoms with Crippen molar-refractivity contribution in [2.24, 2.45) is 9.98 Å². The Morgan fingerprint density at radius 1 is 0.800 bits per heavy atom. The minimum atomic E-state index is -5.77. The third kappa shape index (κ3) is 3.93. The Kier molecular flexibility index (Phi) is 5.66. The average Bonchev–Trinajstić information content (AvgIpc) is 2.67. The van der Waals surface area contributed by atoms with E-state index in [1.807, 2.05) is 0 Å². The van der Waals surface area contributed by atoms with E-state index in [0.717, 1.165) is 0 Å². The van der Waals surface area contributed by atoms with E-state index < -0.39 is 29.9 Å². The molecule has 0 amide bonds. The van der Waals surface area contributed by atoms with Crippen LogP contribution in [0.4, 0.5) is 26.3 Å². The molecule has 0 aromatic heterocycles. The molecule has 3 rings (SSSR count). The van der Waals surface area contributed by atoms with Crippen molar-refractivity contribution in [2.75, 3.05) is 0 Å². The van der Waals surface area contributed by atoms with Crippen molar-refractivity contribution >= 4 is 11.7 Å². The van der Waals surface area contributed by atoms with E-state index in [2.05, 4.69) is 9.98 Å². The topological polar surface area (TPSA) is 28.0 Å². The lowest BCUT2D eigenvalue weighted by atomic mass is 10.0. The summed E-state index contributed by atoms with van der Waals surface area (Å²) in [7, 11) is 0. The number of hydrogen-bond acceptors (Lipinski definition) is 3. The van der Waals surface area contributed by atoms with Gasteiger partial charge in [-0.15, -0.1) is 0 Å². The zero-order valence-electron chi connectivity index (χ0n) is 16.2. The van der Waals surface area contributed by atoms with Gasteiger partial charge in [-0.05, 0) is 19.4 Å². The van der Waals surface area contributed by atoms with Crippen molar-refractivity contribution in [3.05, 3.63) is 71.8 Å². The molecule has 0 saturated heterocycles. The Morgan fingerprint density at radius 3 is 1.77 bits per heavy atom. The smallest absolute Gasteiger partial charge is 0.312 e. The second-order valence-electron chi connectivity index (χ2n) is 7.12. The molecule has 0 fully saturated rings. The second-order valence-corrected chi connectivity index (χ2v) is 7.12. The molecule has 0 spiro atoms. The molecule has 0 radical (unpaired) electrons. The van der Waals surface area contributed by atoms with E-state index in [-0.39, 0.29) is 17.8 Å². The van der Waals surface area contributed by atoms with Gasteiger partial charge >= 0.3 is 18.0 Å². The highest BCUT2D eigenvalue weighted by atomic mass is 19.4. The van der Waals surface area contributed by atoms with Crippen LogP contribution in [0.5, 0.6) is 0 Å². The average molecular weight is 427 g/mol. The summed E-state index contributed by atoms with van der Waals surface area (Å²) >= 11 is 0. The largest absolute Gasteiger partial charge is 0.443 e. The molecule has 3 nitrogen and oxygen atoms in total. The Morgan fingerprint density at radius 2 is 1.30 bits per heavy atom. The number of aliphatic imine (C=N–C) groups is 2. The van der Waals surface area contributed by atoms with Crippen molar-refractivity contribution in [1.82, 2.24) is 4.90 Å². The second kappa shape index (κ2) is 7.77. The van der Waals surface area contributed by atoms with Gasteiger partial charge in [0.2, 0.25) is 0 Å². The van der Waals surface area contributed by atoms with Gasteiger partial charge in [0.1, 0.15) is 11.7 Å². The van der Waals surface area contributed by atoms with Crippen molar-refractivity contribution in [3.63, 3.8) is 0 Å². The Labute approximate surface area is 169 Å². The molecule has 0 N–H and O–H groups in total. The fourth-order valence-electron chi connectivity index (χ4n) is 3.25. The van der Waals surface area contributed by atoms with Gasteiger partial charge in [-0.2, -0.15) is 26.3 Å². The Balaban J connectivity index is 2.29. The van der Waals surface area contributed by atoms with Crippen molar-refractivity contribution in [3.8, 4) is 0 Å². The van der Waals surface area contributed by atoms with Gasteiger partial charge in [-0.1, -0.05) is 60.7 Å². The molecule has 0 saturated carbocycles. The van der Waals surface area contributed by atoms with Crippen LogP contribution in [0.1, 0.15) is 25.0 Å². The number of nitrogens with zero attached hydrogens (tertiary/aromatic N) is 3. The maximum atomic E-state index is 13.9. The molecule has 1 heterocycles. The molecule has 0 atom stereocenters. The van der Waals surface area contributed by atoms with Crippen molar-refractivity contribution in [1.29, 1.82) is 0 Å². The number of alkyl halides is 6. The molecule has 0 bridgehead atoms. The van der Waals surface area contributed by atoms with Gasteiger partial charge in [-0.25, -0.2) is 9.98 Å². The molecule has 9 heteroatoms. The first kappa shape index (κ1) is 21.9. The third-order valence-electron chi connectivity index (χ3n) is 4.61. The molecule has 2 aromatic rings. The van der Waals surface area contributed by atoms with Crippen LogP contribution >= 0.6 is 0 Å². The summed E-state index contributed by atoms with van der Waals surface area (Å²) in [5.41, 5.74) is -3.89. The minimum absolute atomic E-state index is 0.143. The first-order valence-corrected chi connectivity index (χ1v) is 9.17. The van der Waals surface area contributed by atoms with Gasteiger partial charge < -0.3 is 4.90 Å². The first-order chi connectivity index (χ1) is 14.0. The highest BCUT2D eigenvalue weighted by Crippen LogP contribution is 2.49. The zero-order valence-corrected chi connectivity index (χ0v) is 16.2. The maximum Gasteiger partial charge on any atom is 0.443 e. The van der Waals surface area contributed by atoms with Gasteiger partial charge in [0.05, 0.1) is 0 Å². The van der Waals surface area contributed by atoms with Crippen LogP contribution in [-0.2, 0) is 6.42 Å². The molecule has 2 aromatic carbocycles. The van der Waals surface area contributed by atoms with Crippen LogP contribution in [0.3, 0.4) is 0 Å². The summed E-state index contributed by atoms with van der Waals surface area (Å²) in [5, 5.41) is 0. The van der Waals surface area contributed by atoms with Crippen molar-refractivity contribution in [2.45, 2.75) is 44.3 Å². The predicted molar refractivity (Wildman–Crippen MR) is 102 cm³/mol. The van der Waals surface area contributed by atoms with E-state index >= 15 is 0 Å². The first-order valence-electron chi connectivity index (χ1n) is 9.17. The summed E-state index contributed by atoms with van der Waals surface area (Å²) in [5.74, 6) is -0.763. The molecular weight excluding hydrogens is 408 g/mol. The standard InChI is InChI=1S/C21H19F6N3/c1-14(2)30-17(13-15-9-5-3-6-10-15)28-19(20(22,23)24,21(25,26)27)29-18(30)16-11-7-4-8-12-16/h3-12,14H,13H2,1-2H3. The monoisotopic (exact) mass is 427 g/mol. The highest BCUT2D eigenvalue weighted by Gasteiger charge is 2.73. The molecular formula is C21H19F6N3. The van der Waals surface area contributed by atoms with Gasteiger partial charge in [-0.3, -0.25) is 0 Å². The fourth-order valence-corrected chi connectivity index (χ4v) is 3.25. The molecule has 30 heavy (non-hydrogen) atoms. The van der Waals surface area contributed by atoms with Crippen LogP contribution < -0.4 is 0 Å². The number of rotatable bonds is 4. The summed E-state index contributed by atoms with van der Waals surface area (Å²) in [6, 6.07) is 15.3. The Bertz CT molecular complexity index is 917. The van der Waals surface area contributed by atoms with Crippen LogP contribution in [0.15, 0.2) is 70.6 Å². The van der Waals surface area contributed by atoms with Crippen molar-refractivity contribution < 1.29 is 26.3 Å². The number of amidine groups is 2. The number of hydrogen-bond donors (Lipinski definition) is 0. The van der Waals surface area contributed by atoms with Gasteiger partial charge in [0.15, 0.2) is 0 Å². The summed E-state index contributed by atoms with van der Waals surface area (Å²) in [4.78, 5) is 7.79. The van der Waals surface area contributed by atoms with Gasteiger partial charge in [0, 0.05) is 18.0 Å². The van der Waals surface area contributed by atoms with Gasteiger partial charge in [0.25, 0.3) is 0 Å². The maximum absolute atomic E-state index is 13.9. The third-order valence-corrected chi connectivity index (χ3v) is 4.61. The van der Waals surface area contributed by atoms with Crippen LogP contribution in [0, 0.1) is 0 Å². The quantitative estimate of drug-likeness (QED) is 0.582. The zero-order chi connectivity index (χ0) is 22.2. The summed E-state index contributed by atoms with van der Waals surface area (Å²) < 4.78 is 83.2. The number of halogens is 6. The molecule has 0 unspecified atom stereocenters. The normalized spacial score (nSPS) is 17.0. The SMILES string of the molecule is CC(C)N1C(Cc2ccccc2)=NC(C(F)(F)F)(C(F)(F)F)N=C1c1ccccc1. The van der Waals surface area contributed by atoms with E-state index in [1.165, 1.54) is 29.2 Å². The lowest BCUT2D eigenvalue weighted by Gasteiger charge is -2.41. The number of benzene rings is 2. The summed E-state index contributed by atoms with van der Waals surface area (Å²) in [6.07, 6.45) is -11.7.